The van der Waals surface area contributed by atoms with E-state index in [4.69, 9.17) is 8.94 Å². The number of rotatable bonds is 5. The van der Waals surface area contributed by atoms with Crippen LogP contribution in [0, 0.1) is 0 Å². The number of carbonyl (C=O) groups excluding carboxylic acids is 1. The van der Waals surface area contributed by atoms with E-state index in [1.54, 1.807) is 12.3 Å². The second-order valence-corrected chi connectivity index (χ2v) is 7.56. The van der Waals surface area contributed by atoms with Gasteiger partial charge >= 0.3 is 0 Å². The monoisotopic (exact) mass is 378 g/mol. The minimum absolute atomic E-state index is 0.176. The van der Waals surface area contributed by atoms with Gasteiger partial charge in [0.15, 0.2) is 5.76 Å². The first kappa shape index (κ1) is 17.2. The zero-order valence-corrected chi connectivity index (χ0v) is 15.6. The van der Waals surface area contributed by atoms with Crippen LogP contribution in [0.15, 0.2) is 57.9 Å². The number of pyridine rings is 1. The fourth-order valence-electron chi connectivity index (χ4n) is 3.90. The van der Waals surface area contributed by atoms with Crippen molar-refractivity contribution in [3.63, 3.8) is 0 Å². The predicted molar refractivity (Wildman–Crippen MR) is 101 cm³/mol. The minimum atomic E-state index is -0.512. The lowest BCUT2D eigenvalue weighted by Crippen LogP contribution is -2.51. The Balaban J connectivity index is 1.23. The quantitative estimate of drug-likeness (QED) is 0.680. The predicted octanol–water partition coefficient (Wildman–Crippen LogP) is 2.71. The van der Waals surface area contributed by atoms with Gasteiger partial charge in [-0.15, -0.1) is 0 Å². The first-order valence-corrected chi connectivity index (χ1v) is 9.66. The van der Waals surface area contributed by atoms with Crippen LogP contribution in [-0.4, -0.2) is 52.0 Å². The van der Waals surface area contributed by atoms with Crippen LogP contribution in [0.2, 0.25) is 0 Å². The van der Waals surface area contributed by atoms with Gasteiger partial charge in [0.1, 0.15) is 0 Å². The molecule has 0 atom stereocenters. The van der Waals surface area contributed by atoms with Gasteiger partial charge in [0.05, 0.1) is 17.4 Å². The van der Waals surface area contributed by atoms with Gasteiger partial charge < -0.3 is 13.8 Å². The number of nitrogens with zero attached hydrogens (tertiary/aromatic N) is 4. The van der Waals surface area contributed by atoms with E-state index in [0.29, 0.717) is 11.5 Å². The SMILES string of the molecule is O=C(N1CCN(Cc2ccncc2)CC1)C1(c2cc(-c3ccco3)on2)CC1. The third-order valence-electron chi connectivity index (χ3n) is 5.74. The van der Waals surface area contributed by atoms with Gasteiger partial charge in [-0.3, -0.25) is 14.7 Å². The van der Waals surface area contributed by atoms with Crippen molar-refractivity contribution in [3.8, 4) is 11.5 Å². The van der Waals surface area contributed by atoms with E-state index in [1.165, 1.54) is 5.56 Å². The molecule has 7 nitrogen and oxygen atoms in total. The fraction of sp³-hybridized carbons (Fsp3) is 0.381. The van der Waals surface area contributed by atoms with Crippen molar-refractivity contribution in [1.82, 2.24) is 19.9 Å². The Morgan fingerprint density at radius 3 is 2.54 bits per heavy atom. The van der Waals surface area contributed by atoms with Crippen LogP contribution >= 0.6 is 0 Å². The molecule has 7 heteroatoms. The molecule has 0 unspecified atom stereocenters. The summed E-state index contributed by atoms with van der Waals surface area (Å²) in [6.07, 6.45) is 6.89. The van der Waals surface area contributed by atoms with Crippen LogP contribution in [0.3, 0.4) is 0 Å². The zero-order chi connectivity index (χ0) is 19.0. The van der Waals surface area contributed by atoms with Gasteiger partial charge in [0.25, 0.3) is 0 Å². The molecule has 1 amide bonds. The third-order valence-corrected chi connectivity index (χ3v) is 5.74. The van der Waals surface area contributed by atoms with E-state index in [-0.39, 0.29) is 5.91 Å². The van der Waals surface area contributed by atoms with E-state index < -0.39 is 5.41 Å². The van der Waals surface area contributed by atoms with Gasteiger partial charge in [-0.05, 0) is 42.7 Å². The molecule has 1 saturated heterocycles. The third kappa shape index (κ3) is 3.11. The van der Waals surface area contributed by atoms with E-state index >= 15 is 0 Å². The first-order chi connectivity index (χ1) is 13.7. The molecule has 1 saturated carbocycles. The van der Waals surface area contributed by atoms with E-state index in [1.807, 2.05) is 41.6 Å². The Morgan fingerprint density at radius 2 is 1.86 bits per heavy atom. The highest BCUT2D eigenvalue weighted by Crippen LogP contribution is 2.50. The summed E-state index contributed by atoms with van der Waals surface area (Å²) in [6, 6.07) is 9.56. The van der Waals surface area contributed by atoms with Crippen molar-refractivity contribution >= 4 is 5.91 Å². The van der Waals surface area contributed by atoms with Crippen molar-refractivity contribution in [2.24, 2.45) is 0 Å². The normalized spacial score (nSPS) is 18.9. The Hall–Kier alpha value is -2.93. The number of furan rings is 1. The molecule has 0 aromatic carbocycles. The van der Waals surface area contributed by atoms with Crippen molar-refractivity contribution in [2.45, 2.75) is 24.8 Å². The molecule has 28 heavy (non-hydrogen) atoms. The lowest BCUT2D eigenvalue weighted by molar-refractivity contribution is -0.136. The van der Waals surface area contributed by atoms with Crippen LogP contribution < -0.4 is 0 Å². The molecule has 144 valence electrons. The molecule has 1 aliphatic heterocycles. The molecule has 0 N–H and O–H groups in total. The average Bonchev–Trinajstić information content (AvgIpc) is 3.14. The largest absolute Gasteiger partial charge is 0.461 e. The van der Waals surface area contributed by atoms with Crippen molar-refractivity contribution < 1.29 is 13.7 Å². The van der Waals surface area contributed by atoms with Crippen LogP contribution in [0.5, 0.6) is 0 Å². The molecule has 0 bridgehead atoms. The van der Waals surface area contributed by atoms with Gasteiger partial charge in [-0.2, -0.15) is 0 Å². The van der Waals surface area contributed by atoms with Gasteiger partial charge in [-0.1, -0.05) is 5.16 Å². The number of amides is 1. The second-order valence-electron chi connectivity index (χ2n) is 7.56. The maximum Gasteiger partial charge on any atom is 0.235 e. The molecule has 0 spiro atoms. The van der Waals surface area contributed by atoms with E-state index in [2.05, 4.69) is 15.0 Å². The summed E-state index contributed by atoms with van der Waals surface area (Å²) in [5.41, 5.74) is 1.46. The Bertz CT molecular complexity index is 939. The molecule has 4 heterocycles. The number of hydrogen-bond donors (Lipinski definition) is 0. The molecule has 3 aromatic rings. The molecular formula is C21H22N4O3. The molecular weight excluding hydrogens is 356 g/mol. The maximum atomic E-state index is 13.2. The van der Waals surface area contributed by atoms with Crippen molar-refractivity contribution in [1.29, 1.82) is 0 Å². The lowest BCUT2D eigenvalue weighted by atomic mass is 9.99. The smallest absolute Gasteiger partial charge is 0.235 e. The lowest BCUT2D eigenvalue weighted by Gasteiger charge is -2.36. The number of piperazine rings is 1. The van der Waals surface area contributed by atoms with Crippen LogP contribution in [0.4, 0.5) is 0 Å². The molecule has 5 rings (SSSR count). The minimum Gasteiger partial charge on any atom is -0.461 e. The van der Waals surface area contributed by atoms with Crippen molar-refractivity contribution in [3.05, 3.63) is 60.2 Å². The van der Waals surface area contributed by atoms with Crippen LogP contribution in [0.1, 0.15) is 24.1 Å². The molecule has 0 radical (unpaired) electrons. The van der Waals surface area contributed by atoms with Gasteiger partial charge in [0, 0.05) is 51.2 Å². The summed E-state index contributed by atoms with van der Waals surface area (Å²) >= 11 is 0. The Morgan fingerprint density at radius 1 is 1.07 bits per heavy atom. The number of aromatic nitrogens is 2. The summed E-state index contributed by atoms with van der Waals surface area (Å²) < 4.78 is 10.8. The van der Waals surface area contributed by atoms with Gasteiger partial charge in [0.2, 0.25) is 11.7 Å². The molecule has 2 fully saturated rings. The molecule has 3 aromatic heterocycles. The van der Waals surface area contributed by atoms with Crippen molar-refractivity contribution in [2.75, 3.05) is 26.2 Å². The second kappa shape index (κ2) is 6.91. The first-order valence-electron chi connectivity index (χ1n) is 9.66. The summed E-state index contributed by atoms with van der Waals surface area (Å²) in [5, 5.41) is 4.19. The summed E-state index contributed by atoms with van der Waals surface area (Å²) in [6.45, 7) is 4.13. The summed E-state index contributed by atoms with van der Waals surface area (Å²) in [4.78, 5) is 21.7. The molecule has 1 aliphatic carbocycles. The van der Waals surface area contributed by atoms with Crippen LogP contribution in [0.25, 0.3) is 11.5 Å². The number of hydrogen-bond acceptors (Lipinski definition) is 6. The Labute approximate surface area is 162 Å². The highest BCUT2D eigenvalue weighted by atomic mass is 16.5. The topological polar surface area (TPSA) is 75.6 Å². The standard InChI is InChI=1S/C21H22N4O3/c26-20(25-11-9-24(10-12-25)15-16-3-7-22-8-4-16)21(5-6-21)19-14-18(28-23-19)17-2-1-13-27-17/h1-4,7-8,13-14H,5-6,9-12,15H2. The van der Waals surface area contributed by atoms with E-state index in [0.717, 1.165) is 51.3 Å². The highest BCUT2D eigenvalue weighted by Gasteiger charge is 2.55. The number of carbonyl (C=O) groups is 1. The highest BCUT2D eigenvalue weighted by molar-refractivity contribution is 5.91. The average molecular weight is 378 g/mol. The van der Waals surface area contributed by atoms with E-state index in [9.17, 15) is 4.79 Å². The zero-order valence-electron chi connectivity index (χ0n) is 15.6. The maximum absolute atomic E-state index is 13.2. The Kier molecular flexibility index (Phi) is 4.24. The molecule has 2 aliphatic rings. The summed E-state index contributed by atoms with van der Waals surface area (Å²) in [5.74, 6) is 1.38. The van der Waals surface area contributed by atoms with Gasteiger partial charge in [-0.25, -0.2) is 0 Å². The fourth-order valence-corrected chi connectivity index (χ4v) is 3.90. The summed E-state index contributed by atoms with van der Waals surface area (Å²) in [7, 11) is 0. The van der Waals surface area contributed by atoms with Crippen LogP contribution in [-0.2, 0) is 16.8 Å².